The van der Waals surface area contributed by atoms with Crippen LogP contribution in [0.1, 0.15) is 35.9 Å². The third kappa shape index (κ3) is 4.69. The first kappa shape index (κ1) is 16.7. The summed E-state index contributed by atoms with van der Waals surface area (Å²) in [5, 5.41) is 10.3. The zero-order chi connectivity index (χ0) is 16.9. The number of benzene rings is 1. The van der Waals surface area contributed by atoms with E-state index in [1.54, 1.807) is 30.5 Å². The number of aliphatic hydroxyl groups excluding tert-OH is 1. The highest BCUT2D eigenvalue weighted by atomic mass is 16.5. The van der Waals surface area contributed by atoms with Crippen LogP contribution in [0, 0.1) is 0 Å². The molecule has 1 aromatic heterocycles. The summed E-state index contributed by atoms with van der Waals surface area (Å²) in [7, 11) is 0. The van der Waals surface area contributed by atoms with Gasteiger partial charge in [0.15, 0.2) is 5.78 Å². The van der Waals surface area contributed by atoms with Crippen molar-refractivity contribution in [1.29, 1.82) is 0 Å². The Kier molecular flexibility index (Phi) is 5.33. The summed E-state index contributed by atoms with van der Waals surface area (Å²) in [4.78, 5) is 13.6. The van der Waals surface area contributed by atoms with Crippen LogP contribution in [0.2, 0.25) is 0 Å². The monoisotopic (exact) mass is 329 g/mol. The van der Waals surface area contributed by atoms with Crippen molar-refractivity contribution in [1.82, 2.24) is 4.90 Å². The first-order valence-electron chi connectivity index (χ1n) is 8.30. The molecule has 1 heterocycles. The van der Waals surface area contributed by atoms with Crippen molar-refractivity contribution in [3.8, 4) is 5.75 Å². The van der Waals surface area contributed by atoms with Gasteiger partial charge in [0, 0.05) is 18.2 Å². The Morgan fingerprint density at radius 2 is 2.21 bits per heavy atom. The molecule has 1 N–H and O–H groups in total. The van der Waals surface area contributed by atoms with Gasteiger partial charge in [0.25, 0.3) is 0 Å². The van der Waals surface area contributed by atoms with Gasteiger partial charge in [0.05, 0.1) is 12.8 Å². The summed E-state index contributed by atoms with van der Waals surface area (Å²) in [5.41, 5.74) is 0.611. The predicted molar refractivity (Wildman–Crippen MR) is 90.1 cm³/mol. The van der Waals surface area contributed by atoms with Gasteiger partial charge in [-0.2, -0.15) is 0 Å². The molecule has 3 rings (SSSR count). The second-order valence-electron chi connectivity index (χ2n) is 6.29. The lowest BCUT2D eigenvalue weighted by Gasteiger charge is -2.24. The number of furan rings is 1. The van der Waals surface area contributed by atoms with Crippen molar-refractivity contribution in [2.24, 2.45) is 0 Å². The van der Waals surface area contributed by atoms with E-state index >= 15 is 0 Å². The third-order valence-electron chi connectivity index (χ3n) is 4.13. The van der Waals surface area contributed by atoms with Crippen molar-refractivity contribution in [3.05, 3.63) is 54.0 Å². The Balaban J connectivity index is 1.51. The van der Waals surface area contributed by atoms with E-state index < -0.39 is 6.10 Å². The number of carbonyl (C=O) groups excluding carboxylic acids is 1. The molecule has 1 fully saturated rings. The van der Waals surface area contributed by atoms with Crippen LogP contribution in [0.4, 0.5) is 0 Å². The van der Waals surface area contributed by atoms with Gasteiger partial charge < -0.3 is 14.3 Å². The number of ketones is 1. The van der Waals surface area contributed by atoms with Crippen molar-refractivity contribution in [2.75, 3.05) is 13.2 Å². The Bertz CT molecular complexity index is 664. The molecular weight excluding hydrogens is 306 g/mol. The molecule has 0 spiro atoms. The highest BCUT2D eigenvalue weighted by Gasteiger charge is 2.30. The molecular formula is C19H23NO4. The quantitative estimate of drug-likeness (QED) is 0.717. The fourth-order valence-corrected chi connectivity index (χ4v) is 2.71. The van der Waals surface area contributed by atoms with Gasteiger partial charge in [0.2, 0.25) is 0 Å². The van der Waals surface area contributed by atoms with Gasteiger partial charge in [0.1, 0.15) is 24.2 Å². The molecule has 1 saturated carbocycles. The van der Waals surface area contributed by atoms with E-state index in [9.17, 15) is 9.90 Å². The minimum atomic E-state index is -0.596. The fraction of sp³-hybridized carbons (Fsp3) is 0.421. The largest absolute Gasteiger partial charge is 0.491 e. The number of carbonyl (C=O) groups is 1. The number of nitrogens with zero attached hydrogens (tertiary/aromatic N) is 1. The lowest BCUT2D eigenvalue weighted by Crippen LogP contribution is -2.36. The Hall–Kier alpha value is -2.11. The molecule has 1 atom stereocenters. The van der Waals surface area contributed by atoms with E-state index in [4.69, 9.17) is 9.15 Å². The SMILES string of the molecule is CC(=O)c1cccc(OC[C@H](O)CN(Cc2ccco2)C2CC2)c1. The van der Waals surface area contributed by atoms with Crippen molar-refractivity contribution in [3.63, 3.8) is 0 Å². The molecule has 1 aliphatic rings. The minimum Gasteiger partial charge on any atom is -0.491 e. The van der Waals surface area contributed by atoms with Gasteiger partial charge in [-0.15, -0.1) is 0 Å². The van der Waals surface area contributed by atoms with E-state index in [-0.39, 0.29) is 12.4 Å². The Morgan fingerprint density at radius 1 is 1.38 bits per heavy atom. The number of rotatable bonds is 9. The second kappa shape index (κ2) is 7.64. The molecule has 0 saturated heterocycles. The summed E-state index contributed by atoms with van der Waals surface area (Å²) < 4.78 is 11.0. The van der Waals surface area contributed by atoms with Crippen LogP contribution < -0.4 is 4.74 Å². The zero-order valence-corrected chi connectivity index (χ0v) is 13.9. The molecule has 2 aromatic rings. The molecule has 24 heavy (non-hydrogen) atoms. The molecule has 0 aliphatic heterocycles. The van der Waals surface area contributed by atoms with Crippen molar-refractivity contribution in [2.45, 2.75) is 38.5 Å². The standard InChI is InChI=1S/C19H23NO4/c1-14(21)15-4-2-5-18(10-15)24-13-17(22)11-20(16-7-8-16)12-19-6-3-9-23-19/h2-6,9-10,16-17,22H,7-8,11-13H2,1H3/t17-/m1/s1. The first-order valence-corrected chi connectivity index (χ1v) is 8.30. The molecule has 128 valence electrons. The topological polar surface area (TPSA) is 62.9 Å². The van der Waals surface area contributed by atoms with Crippen LogP contribution in [-0.4, -0.2) is 41.1 Å². The van der Waals surface area contributed by atoms with E-state index in [0.29, 0.717) is 30.4 Å². The summed E-state index contributed by atoms with van der Waals surface area (Å²) >= 11 is 0. The molecule has 0 amide bonds. The summed E-state index contributed by atoms with van der Waals surface area (Å²) in [6, 6.07) is 11.4. The highest BCUT2D eigenvalue weighted by Crippen LogP contribution is 2.28. The lowest BCUT2D eigenvalue weighted by atomic mass is 10.1. The molecule has 0 bridgehead atoms. The maximum Gasteiger partial charge on any atom is 0.159 e. The maximum atomic E-state index is 11.4. The van der Waals surface area contributed by atoms with Gasteiger partial charge in [-0.05, 0) is 44.0 Å². The molecule has 1 aromatic carbocycles. The smallest absolute Gasteiger partial charge is 0.159 e. The Labute approximate surface area is 141 Å². The Morgan fingerprint density at radius 3 is 2.88 bits per heavy atom. The summed E-state index contributed by atoms with van der Waals surface area (Å²) in [5.74, 6) is 1.51. The number of Topliss-reactive ketones (excluding diaryl/α,β-unsaturated/α-hetero) is 1. The van der Waals surface area contributed by atoms with E-state index in [1.807, 2.05) is 12.1 Å². The van der Waals surface area contributed by atoms with E-state index in [2.05, 4.69) is 4.90 Å². The van der Waals surface area contributed by atoms with Gasteiger partial charge in [-0.3, -0.25) is 9.69 Å². The average molecular weight is 329 g/mol. The van der Waals surface area contributed by atoms with Gasteiger partial charge in [-0.1, -0.05) is 12.1 Å². The van der Waals surface area contributed by atoms with Crippen LogP contribution >= 0.6 is 0 Å². The third-order valence-corrected chi connectivity index (χ3v) is 4.13. The van der Waals surface area contributed by atoms with Crippen LogP contribution in [-0.2, 0) is 6.54 Å². The molecule has 1 aliphatic carbocycles. The molecule has 0 radical (unpaired) electrons. The number of ether oxygens (including phenoxy) is 1. The normalized spacial score (nSPS) is 15.5. The van der Waals surface area contributed by atoms with E-state index in [0.717, 1.165) is 18.6 Å². The van der Waals surface area contributed by atoms with Gasteiger partial charge >= 0.3 is 0 Å². The number of aliphatic hydroxyl groups is 1. The lowest BCUT2D eigenvalue weighted by molar-refractivity contribution is 0.0602. The maximum absolute atomic E-state index is 11.4. The van der Waals surface area contributed by atoms with Crippen LogP contribution in [0.3, 0.4) is 0 Å². The van der Waals surface area contributed by atoms with Gasteiger partial charge in [-0.25, -0.2) is 0 Å². The first-order chi connectivity index (χ1) is 11.6. The van der Waals surface area contributed by atoms with Crippen molar-refractivity contribution >= 4 is 5.78 Å². The highest BCUT2D eigenvalue weighted by molar-refractivity contribution is 5.94. The molecule has 5 nitrogen and oxygen atoms in total. The van der Waals surface area contributed by atoms with Crippen LogP contribution in [0.5, 0.6) is 5.75 Å². The average Bonchev–Trinajstić information content (AvgIpc) is 3.30. The molecule has 0 unspecified atom stereocenters. The molecule has 5 heteroatoms. The van der Waals surface area contributed by atoms with E-state index in [1.165, 1.54) is 6.92 Å². The van der Waals surface area contributed by atoms with Crippen LogP contribution in [0.15, 0.2) is 47.1 Å². The summed E-state index contributed by atoms with van der Waals surface area (Å²) in [6.45, 7) is 2.96. The number of hydrogen-bond donors (Lipinski definition) is 1. The number of hydrogen-bond acceptors (Lipinski definition) is 5. The fourth-order valence-electron chi connectivity index (χ4n) is 2.71. The van der Waals surface area contributed by atoms with Crippen LogP contribution in [0.25, 0.3) is 0 Å². The summed E-state index contributed by atoms with van der Waals surface area (Å²) in [6.07, 6.45) is 3.40. The zero-order valence-electron chi connectivity index (χ0n) is 13.9. The minimum absolute atomic E-state index is 0.000597. The van der Waals surface area contributed by atoms with Crippen molar-refractivity contribution < 1.29 is 19.1 Å². The second-order valence-corrected chi connectivity index (χ2v) is 6.29. The predicted octanol–water partition coefficient (Wildman–Crippen LogP) is 2.89.